The average molecular weight is 292 g/mol. The van der Waals surface area contributed by atoms with Gasteiger partial charge in [-0.3, -0.25) is 9.69 Å². The Morgan fingerprint density at radius 3 is 2.86 bits per heavy atom. The van der Waals surface area contributed by atoms with Gasteiger partial charge < -0.3 is 14.8 Å². The van der Waals surface area contributed by atoms with Crippen molar-refractivity contribution in [3.63, 3.8) is 0 Å². The topological polar surface area (TPSA) is 50.6 Å². The Hall–Kier alpha value is -1.59. The number of ether oxygens (including phenoxy) is 2. The Morgan fingerprint density at radius 2 is 2.19 bits per heavy atom. The molecule has 0 bridgehead atoms. The van der Waals surface area contributed by atoms with Crippen molar-refractivity contribution in [3.05, 3.63) is 29.8 Å². The first-order valence-electron chi connectivity index (χ1n) is 7.34. The Kier molecular flexibility index (Phi) is 5.59. The second-order valence-electron chi connectivity index (χ2n) is 5.33. The van der Waals surface area contributed by atoms with Gasteiger partial charge in [-0.25, -0.2) is 0 Å². The minimum atomic E-state index is -0.0270. The summed E-state index contributed by atoms with van der Waals surface area (Å²) in [7, 11) is 3.32. The summed E-state index contributed by atoms with van der Waals surface area (Å²) in [6.45, 7) is 4.14. The molecule has 1 aliphatic heterocycles. The first kappa shape index (κ1) is 15.8. The van der Waals surface area contributed by atoms with Crippen molar-refractivity contribution >= 4 is 5.91 Å². The van der Waals surface area contributed by atoms with E-state index in [9.17, 15) is 4.79 Å². The van der Waals surface area contributed by atoms with Gasteiger partial charge in [-0.1, -0.05) is 25.1 Å². The van der Waals surface area contributed by atoms with E-state index in [1.54, 1.807) is 14.2 Å². The number of nitrogens with one attached hydrogen (secondary N) is 1. The van der Waals surface area contributed by atoms with Crippen molar-refractivity contribution in [2.75, 3.05) is 27.4 Å². The molecule has 0 aliphatic carbocycles. The van der Waals surface area contributed by atoms with Crippen molar-refractivity contribution in [2.45, 2.75) is 32.0 Å². The summed E-state index contributed by atoms with van der Waals surface area (Å²) in [5.41, 5.74) is 1.11. The Labute approximate surface area is 126 Å². The van der Waals surface area contributed by atoms with Crippen LogP contribution in [-0.4, -0.2) is 50.3 Å². The molecule has 0 spiro atoms. The minimum Gasteiger partial charge on any atom is -0.496 e. The predicted molar refractivity (Wildman–Crippen MR) is 81.3 cm³/mol. The third-order valence-electron chi connectivity index (χ3n) is 3.79. The van der Waals surface area contributed by atoms with Crippen LogP contribution in [0.1, 0.15) is 18.9 Å². The van der Waals surface area contributed by atoms with Gasteiger partial charge in [-0.05, 0) is 12.5 Å². The maximum atomic E-state index is 12.2. The summed E-state index contributed by atoms with van der Waals surface area (Å²) in [5, 5.41) is 3.04. The van der Waals surface area contributed by atoms with Crippen LogP contribution in [0.4, 0.5) is 0 Å². The number of nitrogens with zero attached hydrogens (tertiary/aromatic N) is 1. The summed E-state index contributed by atoms with van der Waals surface area (Å²) in [4.78, 5) is 14.3. The summed E-state index contributed by atoms with van der Waals surface area (Å²) in [6, 6.07) is 7.98. The molecule has 1 aliphatic rings. The lowest BCUT2D eigenvalue weighted by atomic mass is 10.2. The van der Waals surface area contributed by atoms with Crippen molar-refractivity contribution < 1.29 is 14.3 Å². The molecular formula is C16H24N2O3. The summed E-state index contributed by atoms with van der Waals surface area (Å²) < 4.78 is 10.4. The summed E-state index contributed by atoms with van der Waals surface area (Å²) in [5.74, 6) is 0.961. The van der Waals surface area contributed by atoms with Gasteiger partial charge in [0.1, 0.15) is 11.8 Å². The Bertz CT molecular complexity index is 478. The zero-order valence-corrected chi connectivity index (χ0v) is 13.0. The molecule has 1 aromatic carbocycles. The van der Waals surface area contributed by atoms with E-state index in [2.05, 4.69) is 10.2 Å². The third kappa shape index (κ3) is 4.19. The molecule has 21 heavy (non-hydrogen) atoms. The molecule has 1 fully saturated rings. The van der Waals surface area contributed by atoms with Gasteiger partial charge in [0.25, 0.3) is 0 Å². The van der Waals surface area contributed by atoms with Crippen LogP contribution in [0.3, 0.4) is 0 Å². The molecule has 0 aromatic heterocycles. The molecular weight excluding hydrogens is 268 g/mol. The van der Waals surface area contributed by atoms with Crippen LogP contribution in [0, 0.1) is 0 Å². The van der Waals surface area contributed by atoms with E-state index in [1.807, 2.05) is 31.2 Å². The van der Waals surface area contributed by atoms with Gasteiger partial charge in [0.15, 0.2) is 0 Å². The maximum absolute atomic E-state index is 12.2. The number of carbonyl (C=O) groups is 1. The highest BCUT2D eigenvalue weighted by molar-refractivity contribution is 5.84. The van der Waals surface area contributed by atoms with Crippen LogP contribution in [0.15, 0.2) is 24.3 Å². The molecule has 1 aromatic rings. The number of hydrogen-bond acceptors (Lipinski definition) is 4. The fourth-order valence-electron chi connectivity index (χ4n) is 2.41. The smallest absolute Gasteiger partial charge is 0.238 e. The highest BCUT2D eigenvalue weighted by Gasteiger charge is 2.40. The highest BCUT2D eigenvalue weighted by Crippen LogP contribution is 2.26. The molecule has 116 valence electrons. The number of carbonyl (C=O) groups excluding carboxylic acids is 1. The largest absolute Gasteiger partial charge is 0.496 e. The molecule has 0 saturated carbocycles. The molecule has 3 atom stereocenters. The van der Waals surface area contributed by atoms with Crippen LogP contribution >= 0.6 is 0 Å². The zero-order valence-electron chi connectivity index (χ0n) is 13.0. The van der Waals surface area contributed by atoms with Crippen LogP contribution in [0.2, 0.25) is 0 Å². The van der Waals surface area contributed by atoms with E-state index in [0.29, 0.717) is 6.61 Å². The number of para-hydroxylation sites is 1. The van der Waals surface area contributed by atoms with E-state index in [1.165, 1.54) is 0 Å². The van der Waals surface area contributed by atoms with Gasteiger partial charge in [-0.15, -0.1) is 0 Å². The number of benzene rings is 1. The van der Waals surface area contributed by atoms with Gasteiger partial charge in [-0.2, -0.15) is 0 Å². The van der Waals surface area contributed by atoms with E-state index < -0.39 is 0 Å². The fraction of sp³-hybridized carbons (Fsp3) is 0.562. The quantitative estimate of drug-likeness (QED) is 0.736. The standard InChI is InChI=1S/C16H24N2O3/c1-4-13(11-20-2)17-16(19)14-10-18(14)9-12-7-5-6-8-15(12)21-3/h5-8,13-14H,4,9-11H2,1-3H3,(H,17,19). The molecule has 5 heteroatoms. The van der Waals surface area contributed by atoms with Crippen LogP contribution in [0.25, 0.3) is 0 Å². The molecule has 2 rings (SSSR count). The van der Waals surface area contributed by atoms with Gasteiger partial charge in [0.2, 0.25) is 5.91 Å². The summed E-state index contributed by atoms with van der Waals surface area (Å²) in [6.07, 6.45) is 0.874. The van der Waals surface area contributed by atoms with Gasteiger partial charge in [0, 0.05) is 25.8 Å². The number of amides is 1. The molecule has 5 nitrogen and oxygen atoms in total. The van der Waals surface area contributed by atoms with E-state index in [4.69, 9.17) is 9.47 Å². The first-order chi connectivity index (χ1) is 10.2. The predicted octanol–water partition coefficient (Wildman–Crippen LogP) is 1.42. The Balaban J connectivity index is 1.85. The molecule has 1 amide bonds. The number of hydrogen-bond donors (Lipinski definition) is 1. The summed E-state index contributed by atoms with van der Waals surface area (Å²) >= 11 is 0. The monoisotopic (exact) mass is 292 g/mol. The second kappa shape index (κ2) is 7.43. The van der Waals surface area contributed by atoms with E-state index in [0.717, 1.165) is 30.8 Å². The maximum Gasteiger partial charge on any atom is 0.238 e. The van der Waals surface area contributed by atoms with Gasteiger partial charge >= 0.3 is 0 Å². The van der Waals surface area contributed by atoms with E-state index in [-0.39, 0.29) is 18.0 Å². The van der Waals surface area contributed by atoms with Crippen LogP contribution in [0.5, 0.6) is 5.75 Å². The molecule has 1 saturated heterocycles. The fourth-order valence-corrected chi connectivity index (χ4v) is 2.41. The molecule has 0 radical (unpaired) electrons. The lowest BCUT2D eigenvalue weighted by Crippen LogP contribution is -2.40. The third-order valence-corrected chi connectivity index (χ3v) is 3.79. The van der Waals surface area contributed by atoms with Crippen molar-refractivity contribution in [2.24, 2.45) is 0 Å². The Morgan fingerprint density at radius 1 is 1.43 bits per heavy atom. The second-order valence-corrected chi connectivity index (χ2v) is 5.33. The number of methoxy groups -OCH3 is 2. The molecule has 1 N–H and O–H groups in total. The average Bonchev–Trinajstić information content (AvgIpc) is 3.26. The lowest BCUT2D eigenvalue weighted by molar-refractivity contribution is -0.122. The first-order valence-corrected chi connectivity index (χ1v) is 7.34. The minimum absolute atomic E-state index is 0.0270. The SMILES string of the molecule is CCC(COC)NC(=O)C1CN1Cc1ccccc1OC. The lowest BCUT2D eigenvalue weighted by Gasteiger charge is -2.16. The highest BCUT2D eigenvalue weighted by atomic mass is 16.5. The van der Waals surface area contributed by atoms with Crippen LogP contribution in [-0.2, 0) is 16.1 Å². The number of rotatable bonds is 8. The normalized spacial score (nSPS) is 21.7. The molecule has 3 unspecified atom stereocenters. The van der Waals surface area contributed by atoms with Crippen molar-refractivity contribution in [1.29, 1.82) is 0 Å². The van der Waals surface area contributed by atoms with Gasteiger partial charge in [0.05, 0.1) is 19.8 Å². The zero-order chi connectivity index (χ0) is 15.2. The molecule has 1 heterocycles. The van der Waals surface area contributed by atoms with Crippen molar-refractivity contribution in [1.82, 2.24) is 10.2 Å². The van der Waals surface area contributed by atoms with Crippen LogP contribution < -0.4 is 10.1 Å². The van der Waals surface area contributed by atoms with E-state index >= 15 is 0 Å². The van der Waals surface area contributed by atoms with Crippen molar-refractivity contribution in [3.8, 4) is 5.75 Å².